The first-order valence-electron chi connectivity index (χ1n) is 31.8. The summed E-state index contributed by atoms with van der Waals surface area (Å²) in [7, 11) is 0. The highest BCUT2D eigenvalue weighted by Gasteiger charge is 2.51. The van der Waals surface area contributed by atoms with Crippen LogP contribution in [-0.4, -0.2) is 0 Å². The fourth-order valence-electron chi connectivity index (χ4n) is 8.60. The molecule has 2 atom stereocenters. The van der Waals surface area contributed by atoms with Gasteiger partial charge in [-0.15, -0.1) is 11.3 Å². The van der Waals surface area contributed by atoms with Crippen molar-refractivity contribution in [1.29, 1.82) is 0 Å². The second-order valence-electron chi connectivity index (χ2n) is 13.7. The molecule has 2 heteroatoms. The molecule has 0 saturated heterocycles. The molecular formula is C56H34OS. The third kappa shape index (κ3) is 4.30. The minimum Gasteiger partial charge on any atom is -0.456 e. The van der Waals surface area contributed by atoms with E-state index < -0.39 is 208 Å². The quantitative estimate of drug-likeness (QED) is 0.162. The fraction of sp³-hybridized carbons (Fsp3) is 0.0357. The van der Waals surface area contributed by atoms with E-state index in [0.29, 0.717) is 0 Å². The van der Waals surface area contributed by atoms with Crippen molar-refractivity contribution in [2.75, 3.05) is 0 Å². The maximum atomic E-state index is 10.0. The Morgan fingerprint density at radius 1 is 0.448 bits per heavy atom. The molecule has 13 rings (SSSR count). The number of rotatable bonds is 4. The zero-order chi connectivity index (χ0) is 62.3. The second kappa shape index (κ2) is 12.0. The van der Waals surface area contributed by atoms with Gasteiger partial charge in [-0.3, -0.25) is 0 Å². The number of fused-ring (bicyclic) bond motifs is 16. The van der Waals surface area contributed by atoms with E-state index in [0.717, 1.165) is 23.5 Å². The third-order valence-corrected chi connectivity index (χ3v) is 12.0. The topological polar surface area (TPSA) is 13.1 Å². The zero-order valence-corrected chi connectivity index (χ0v) is 30.1. The molecule has 0 saturated carbocycles. The van der Waals surface area contributed by atoms with E-state index in [1.165, 1.54) is 18.2 Å². The number of hydrogen-bond donors (Lipinski definition) is 0. The Kier molecular flexibility index (Phi) is 3.19. The second-order valence-corrected chi connectivity index (χ2v) is 14.8. The Morgan fingerprint density at radius 3 is 1.98 bits per heavy atom. The molecule has 0 radical (unpaired) electrons. The van der Waals surface area contributed by atoms with Gasteiger partial charge in [-0.05, 0) is 103 Å². The van der Waals surface area contributed by atoms with E-state index >= 15 is 0 Å². The predicted octanol–water partition coefficient (Wildman–Crippen LogP) is 15.1. The highest BCUT2D eigenvalue weighted by molar-refractivity contribution is 7.25. The standard InChI is InChI=1S/C56H34OS/c1-6-18-46-38(12-1)39-13-2-7-19-47(39)56(46)48-20-8-3-14-40(48)45-32-36(29-31-49(45)56)34-24-26-35(27-25-34)54(37-28-30-42-41-15-4-9-21-50(41)57-51(42)33-37)44-17-11-23-53-55(44)43-16-5-10-22-52(43)58-53/h1-33,54H/i1D,2D,3D,4D,5D,6D,7D,8D,9D,10D,11D,12D,13D,14D,15D,17D,18D,20D,21D,22D,23D,24D,25D,26D,27D,29D,31D,33D. The number of para-hydroxylation sites is 1. The molecule has 0 aliphatic heterocycles. The van der Waals surface area contributed by atoms with Crippen LogP contribution in [0, 0.1) is 0 Å². The lowest BCUT2D eigenvalue weighted by Gasteiger charge is -2.30. The first-order valence-corrected chi connectivity index (χ1v) is 18.6. The molecule has 2 aliphatic rings. The molecule has 2 unspecified atom stereocenters. The van der Waals surface area contributed by atoms with Gasteiger partial charge in [-0.25, -0.2) is 0 Å². The lowest BCUT2D eigenvalue weighted by Crippen LogP contribution is -2.25. The highest BCUT2D eigenvalue weighted by Crippen LogP contribution is 2.63. The van der Waals surface area contributed by atoms with E-state index in [9.17, 15) is 17.8 Å². The molecule has 1 spiro atoms. The van der Waals surface area contributed by atoms with Gasteiger partial charge in [-0.1, -0.05) is 169 Å². The summed E-state index contributed by atoms with van der Waals surface area (Å²) in [6.07, 6.45) is 0. The molecular weight excluding hydrogens is 721 g/mol. The summed E-state index contributed by atoms with van der Waals surface area (Å²) in [5.74, 6) is -1.89. The van der Waals surface area contributed by atoms with Crippen molar-refractivity contribution in [3.05, 3.63) is 238 Å². The van der Waals surface area contributed by atoms with Gasteiger partial charge in [0, 0.05) is 36.9 Å². The summed E-state index contributed by atoms with van der Waals surface area (Å²) in [6, 6.07) is -14.0. The number of thiophene rings is 1. The van der Waals surface area contributed by atoms with Crippen molar-refractivity contribution < 1.29 is 42.8 Å². The normalized spacial score (nSPS) is 22.3. The molecule has 9 aromatic carbocycles. The van der Waals surface area contributed by atoms with Crippen LogP contribution in [-0.2, 0) is 5.41 Å². The number of hydrogen-bond acceptors (Lipinski definition) is 2. The molecule has 2 heterocycles. The Balaban J connectivity index is 1.15. The van der Waals surface area contributed by atoms with Gasteiger partial charge >= 0.3 is 0 Å². The third-order valence-electron chi connectivity index (χ3n) is 11.0. The van der Waals surface area contributed by atoms with Crippen molar-refractivity contribution in [2.24, 2.45) is 0 Å². The van der Waals surface area contributed by atoms with Gasteiger partial charge in [-0.2, -0.15) is 0 Å². The van der Waals surface area contributed by atoms with E-state index in [1.54, 1.807) is 0 Å². The van der Waals surface area contributed by atoms with Crippen molar-refractivity contribution in [2.45, 2.75) is 11.3 Å². The van der Waals surface area contributed by atoms with E-state index in [-0.39, 0.29) is 86.6 Å². The molecule has 0 fully saturated rings. The van der Waals surface area contributed by atoms with Crippen molar-refractivity contribution in [1.82, 2.24) is 0 Å². The minimum absolute atomic E-state index is 0.0142. The predicted molar refractivity (Wildman–Crippen MR) is 242 cm³/mol. The first-order chi connectivity index (χ1) is 40.4. The van der Waals surface area contributed by atoms with Gasteiger partial charge < -0.3 is 4.42 Å². The van der Waals surface area contributed by atoms with Crippen molar-refractivity contribution >= 4 is 53.4 Å². The number of benzene rings is 9. The van der Waals surface area contributed by atoms with Crippen LogP contribution in [0.5, 0.6) is 0 Å². The Hall–Kier alpha value is -7.00. The van der Waals surface area contributed by atoms with Crippen LogP contribution < -0.4 is 0 Å². The lowest BCUT2D eigenvalue weighted by atomic mass is 9.70. The molecule has 0 amide bonds. The molecule has 1 nitrogen and oxygen atoms in total. The number of furan rings is 1. The summed E-state index contributed by atoms with van der Waals surface area (Å²) in [5, 5.41) is -0.145. The maximum absolute atomic E-state index is 10.0. The van der Waals surface area contributed by atoms with Gasteiger partial charge in [0.25, 0.3) is 0 Å². The fourth-order valence-corrected chi connectivity index (χ4v) is 9.60. The average Bonchev–Trinajstić information content (AvgIpc) is 1.48. The minimum atomic E-state index is -2.44. The monoisotopic (exact) mass is 782 g/mol. The van der Waals surface area contributed by atoms with E-state index in [2.05, 4.69) is 0 Å². The van der Waals surface area contributed by atoms with Crippen LogP contribution in [0.1, 0.15) is 83.2 Å². The lowest BCUT2D eigenvalue weighted by molar-refractivity contribution is 0.668. The Bertz CT molecular complexity index is 5090. The van der Waals surface area contributed by atoms with Gasteiger partial charge in [0.05, 0.1) is 43.8 Å². The maximum Gasteiger partial charge on any atom is 0.135 e. The molecule has 2 aromatic heterocycles. The molecule has 11 aromatic rings. The highest BCUT2D eigenvalue weighted by atomic mass is 32.1. The van der Waals surface area contributed by atoms with Crippen molar-refractivity contribution in [3.8, 4) is 33.4 Å². The SMILES string of the molecule is [2H]c1cc2c(c([2H])c1[2H])-c1c([2H])c([2H])c([2H])c([2H])c1C21c2c(cc(-c3c([2H])c([2H])c(C(c4ccc5c(oc6c([2H])c([2H])c([2H])c([2H])c65)c4[2H])c4c([2H])c([2H])c([2H])c5sc6c([2H])c([2H])c([2H])cc6c45)c([2H])c3[2H])c([2H])c2[2H])-c2c([2H])c([2H])c([2H])c([2H])c21. The van der Waals surface area contributed by atoms with E-state index in [4.69, 9.17) is 25.0 Å². The smallest absolute Gasteiger partial charge is 0.135 e. The molecule has 2 aliphatic carbocycles. The molecule has 58 heavy (non-hydrogen) atoms. The first kappa shape index (κ1) is 15.4. The van der Waals surface area contributed by atoms with E-state index in [1.807, 2.05) is 0 Å². The summed E-state index contributed by atoms with van der Waals surface area (Å²) in [5.41, 5.74) is -8.33. The average molecular weight is 783 g/mol. The van der Waals surface area contributed by atoms with Crippen LogP contribution in [0.4, 0.5) is 0 Å². The van der Waals surface area contributed by atoms with Crippen LogP contribution in [0.15, 0.2) is 204 Å². The Morgan fingerprint density at radius 2 is 1.12 bits per heavy atom. The van der Waals surface area contributed by atoms with Gasteiger partial charge in [0.1, 0.15) is 11.2 Å². The van der Waals surface area contributed by atoms with Crippen molar-refractivity contribution in [3.63, 3.8) is 0 Å². The van der Waals surface area contributed by atoms with Gasteiger partial charge in [0.15, 0.2) is 0 Å². The summed E-state index contributed by atoms with van der Waals surface area (Å²) < 4.78 is 263. The zero-order valence-electron chi connectivity index (χ0n) is 57.3. The van der Waals surface area contributed by atoms with Crippen LogP contribution >= 0.6 is 11.3 Å². The van der Waals surface area contributed by atoms with Crippen LogP contribution in [0.3, 0.4) is 0 Å². The molecule has 270 valence electrons. The molecule has 0 bridgehead atoms. The summed E-state index contributed by atoms with van der Waals surface area (Å²) in [4.78, 5) is 0. The summed E-state index contributed by atoms with van der Waals surface area (Å²) in [6.45, 7) is 0. The summed E-state index contributed by atoms with van der Waals surface area (Å²) >= 11 is 0.786. The van der Waals surface area contributed by atoms with Crippen LogP contribution in [0.2, 0.25) is 0 Å². The largest absolute Gasteiger partial charge is 0.456 e. The van der Waals surface area contributed by atoms with Crippen LogP contribution in [0.25, 0.3) is 75.5 Å². The molecule has 0 N–H and O–H groups in total. The Labute approximate surface area is 379 Å². The van der Waals surface area contributed by atoms with Gasteiger partial charge in [0.2, 0.25) is 0 Å².